The molecule has 116 valence electrons. The molecule has 0 aliphatic rings. The summed E-state index contributed by atoms with van der Waals surface area (Å²) in [6, 6.07) is 2.93. The molecular formula is C14H18Br2N2O3. The van der Waals surface area contributed by atoms with E-state index < -0.39 is 5.97 Å². The number of halogens is 2. The van der Waals surface area contributed by atoms with Crippen LogP contribution >= 0.6 is 31.9 Å². The fraction of sp³-hybridized carbons (Fsp3) is 0.429. The van der Waals surface area contributed by atoms with Gasteiger partial charge in [-0.15, -0.1) is 0 Å². The lowest BCUT2D eigenvalue weighted by Gasteiger charge is -2.28. The highest BCUT2D eigenvalue weighted by Gasteiger charge is 2.21. The fourth-order valence-electron chi connectivity index (χ4n) is 1.92. The Morgan fingerprint density at radius 2 is 1.95 bits per heavy atom. The van der Waals surface area contributed by atoms with Crippen molar-refractivity contribution in [3.63, 3.8) is 0 Å². The lowest BCUT2D eigenvalue weighted by atomic mass is 10.2. The molecule has 0 saturated heterocycles. The quantitative estimate of drug-likeness (QED) is 0.731. The molecule has 1 aromatic carbocycles. The topological polar surface area (TPSA) is 69.6 Å². The summed E-state index contributed by atoms with van der Waals surface area (Å²) in [4.78, 5) is 25.3. The van der Waals surface area contributed by atoms with Gasteiger partial charge in [-0.2, -0.15) is 0 Å². The normalized spacial score (nSPS) is 11.9. The van der Waals surface area contributed by atoms with Crippen LogP contribution in [0.5, 0.6) is 0 Å². The number of carboxylic acid groups (broad SMARTS) is 1. The van der Waals surface area contributed by atoms with E-state index >= 15 is 0 Å². The molecule has 0 fully saturated rings. The van der Waals surface area contributed by atoms with E-state index in [-0.39, 0.29) is 23.3 Å². The van der Waals surface area contributed by atoms with Crippen molar-refractivity contribution >= 4 is 49.5 Å². The lowest BCUT2D eigenvalue weighted by Crippen LogP contribution is -2.41. The molecule has 0 radical (unpaired) electrons. The predicted octanol–water partition coefficient (Wildman–Crippen LogP) is 4.56. The zero-order chi connectivity index (χ0) is 16.2. The number of benzene rings is 1. The van der Waals surface area contributed by atoms with Gasteiger partial charge in [0.25, 0.3) is 0 Å². The number of carbonyl (C=O) groups is 2. The van der Waals surface area contributed by atoms with Gasteiger partial charge in [0, 0.05) is 21.5 Å². The van der Waals surface area contributed by atoms with Gasteiger partial charge < -0.3 is 15.3 Å². The van der Waals surface area contributed by atoms with Crippen LogP contribution in [0.15, 0.2) is 21.1 Å². The number of hydrogen-bond donors (Lipinski definition) is 2. The summed E-state index contributed by atoms with van der Waals surface area (Å²) in [5.74, 6) is -1.10. The Hall–Kier alpha value is -1.08. The van der Waals surface area contributed by atoms with E-state index in [0.29, 0.717) is 15.5 Å². The molecule has 1 aromatic rings. The first-order chi connectivity index (χ1) is 9.81. The largest absolute Gasteiger partial charge is 0.478 e. The monoisotopic (exact) mass is 420 g/mol. The van der Waals surface area contributed by atoms with E-state index in [2.05, 4.69) is 37.2 Å². The van der Waals surface area contributed by atoms with E-state index in [1.165, 1.54) is 6.07 Å². The summed E-state index contributed by atoms with van der Waals surface area (Å²) in [6.45, 7) is 6.40. The SMILES string of the molecule is CCC(C)N(CC)C(=O)Nc1c(Br)cc(Br)cc1C(=O)O. The Balaban J connectivity index is 3.12. The highest BCUT2D eigenvalue weighted by Crippen LogP contribution is 2.31. The highest BCUT2D eigenvalue weighted by molar-refractivity contribution is 9.11. The zero-order valence-electron chi connectivity index (χ0n) is 12.1. The van der Waals surface area contributed by atoms with Crippen molar-refractivity contribution in [1.29, 1.82) is 0 Å². The summed E-state index contributed by atoms with van der Waals surface area (Å²) < 4.78 is 1.14. The lowest BCUT2D eigenvalue weighted by molar-refractivity contribution is 0.0698. The van der Waals surface area contributed by atoms with Gasteiger partial charge in [0.15, 0.2) is 0 Å². The number of nitrogens with zero attached hydrogens (tertiary/aromatic N) is 1. The van der Waals surface area contributed by atoms with E-state index in [0.717, 1.165) is 6.42 Å². The standard InChI is InChI=1S/C14H18Br2N2O3/c1-4-8(3)18(5-2)14(21)17-12-10(13(19)20)6-9(15)7-11(12)16/h6-8H,4-5H2,1-3H3,(H,17,21)(H,19,20). The van der Waals surface area contributed by atoms with Crippen molar-refractivity contribution in [3.8, 4) is 0 Å². The van der Waals surface area contributed by atoms with Crippen molar-refractivity contribution in [2.45, 2.75) is 33.2 Å². The van der Waals surface area contributed by atoms with Crippen LogP contribution in [0.4, 0.5) is 10.5 Å². The maximum absolute atomic E-state index is 12.3. The van der Waals surface area contributed by atoms with Gasteiger partial charge in [0.2, 0.25) is 0 Å². The second kappa shape index (κ2) is 7.79. The average molecular weight is 422 g/mol. The molecule has 0 aliphatic heterocycles. The third-order valence-corrected chi connectivity index (χ3v) is 4.33. The Morgan fingerprint density at radius 3 is 2.43 bits per heavy atom. The number of hydrogen-bond acceptors (Lipinski definition) is 2. The third kappa shape index (κ3) is 4.44. The first kappa shape index (κ1) is 18.0. The van der Waals surface area contributed by atoms with Crippen LogP contribution in [-0.2, 0) is 0 Å². The van der Waals surface area contributed by atoms with Gasteiger partial charge in [0.1, 0.15) is 0 Å². The molecule has 1 unspecified atom stereocenters. The van der Waals surface area contributed by atoms with Crippen LogP contribution < -0.4 is 5.32 Å². The van der Waals surface area contributed by atoms with Crippen molar-refractivity contribution in [2.75, 3.05) is 11.9 Å². The molecule has 2 amide bonds. The average Bonchev–Trinajstić information content (AvgIpc) is 2.41. The summed E-state index contributed by atoms with van der Waals surface area (Å²) in [7, 11) is 0. The van der Waals surface area contributed by atoms with Crippen LogP contribution in [0.1, 0.15) is 37.6 Å². The van der Waals surface area contributed by atoms with Crippen LogP contribution in [0.25, 0.3) is 0 Å². The number of rotatable bonds is 5. The summed E-state index contributed by atoms with van der Waals surface area (Å²) >= 11 is 6.54. The molecule has 7 heteroatoms. The predicted molar refractivity (Wildman–Crippen MR) is 90.0 cm³/mol. The Labute approximate surface area is 141 Å². The Morgan fingerprint density at radius 1 is 1.33 bits per heavy atom. The Bertz CT molecular complexity index is 549. The molecular weight excluding hydrogens is 404 g/mol. The van der Waals surface area contributed by atoms with Crippen LogP contribution in [0, 0.1) is 0 Å². The maximum atomic E-state index is 12.3. The van der Waals surface area contributed by atoms with Gasteiger partial charge in [-0.25, -0.2) is 9.59 Å². The number of anilines is 1. The smallest absolute Gasteiger partial charge is 0.337 e. The maximum Gasteiger partial charge on any atom is 0.337 e. The number of carboxylic acids is 1. The third-order valence-electron chi connectivity index (χ3n) is 3.24. The minimum Gasteiger partial charge on any atom is -0.478 e. The minimum atomic E-state index is -1.10. The number of nitrogens with one attached hydrogen (secondary N) is 1. The molecule has 1 atom stereocenters. The summed E-state index contributed by atoms with van der Waals surface area (Å²) in [5, 5.41) is 12.0. The van der Waals surface area contributed by atoms with E-state index in [9.17, 15) is 14.7 Å². The number of amides is 2. The zero-order valence-corrected chi connectivity index (χ0v) is 15.3. The molecule has 0 aromatic heterocycles. The second-order valence-electron chi connectivity index (χ2n) is 4.59. The van der Waals surface area contributed by atoms with Gasteiger partial charge in [-0.1, -0.05) is 22.9 Å². The highest BCUT2D eigenvalue weighted by atomic mass is 79.9. The first-order valence-corrected chi connectivity index (χ1v) is 8.20. The van der Waals surface area contributed by atoms with Crippen molar-refractivity contribution < 1.29 is 14.7 Å². The second-order valence-corrected chi connectivity index (χ2v) is 6.36. The molecule has 2 N–H and O–H groups in total. The van der Waals surface area contributed by atoms with Crippen LogP contribution in [-0.4, -0.2) is 34.6 Å². The number of urea groups is 1. The van der Waals surface area contributed by atoms with Gasteiger partial charge >= 0.3 is 12.0 Å². The minimum absolute atomic E-state index is 0.0322. The molecule has 5 nitrogen and oxygen atoms in total. The van der Waals surface area contributed by atoms with Crippen LogP contribution in [0.2, 0.25) is 0 Å². The van der Waals surface area contributed by atoms with E-state index in [1.54, 1.807) is 11.0 Å². The molecule has 1 rings (SSSR count). The molecule has 0 spiro atoms. The van der Waals surface area contributed by atoms with Gasteiger partial charge in [-0.3, -0.25) is 0 Å². The van der Waals surface area contributed by atoms with E-state index in [1.807, 2.05) is 20.8 Å². The first-order valence-electron chi connectivity index (χ1n) is 6.61. The molecule has 21 heavy (non-hydrogen) atoms. The van der Waals surface area contributed by atoms with Crippen molar-refractivity contribution in [3.05, 3.63) is 26.6 Å². The van der Waals surface area contributed by atoms with Gasteiger partial charge in [-0.05, 0) is 48.3 Å². The molecule has 0 aliphatic carbocycles. The fourth-order valence-corrected chi connectivity index (χ4v) is 3.25. The summed E-state index contributed by atoms with van der Waals surface area (Å²) in [5.41, 5.74) is 0.294. The number of aromatic carboxylic acids is 1. The van der Waals surface area contributed by atoms with E-state index in [4.69, 9.17) is 0 Å². The molecule has 0 heterocycles. The Kier molecular flexibility index (Phi) is 6.67. The number of carbonyl (C=O) groups excluding carboxylic acids is 1. The van der Waals surface area contributed by atoms with Crippen LogP contribution in [0.3, 0.4) is 0 Å². The van der Waals surface area contributed by atoms with Gasteiger partial charge in [0.05, 0.1) is 11.3 Å². The van der Waals surface area contributed by atoms with Crippen molar-refractivity contribution in [1.82, 2.24) is 4.90 Å². The summed E-state index contributed by atoms with van der Waals surface area (Å²) in [6.07, 6.45) is 0.828. The molecule has 0 saturated carbocycles. The molecule has 0 bridgehead atoms. The van der Waals surface area contributed by atoms with Crippen molar-refractivity contribution in [2.24, 2.45) is 0 Å².